The number of rotatable bonds is 6. The van der Waals surface area contributed by atoms with Crippen molar-refractivity contribution in [2.24, 2.45) is 0 Å². The summed E-state index contributed by atoms with van der Waals surface area (Å²) in [6.45, 7) is 3.17. The molecule has 0 aliphatic carbocycles. The van der Waals surface area contributed by atoms with E-state index >= 15 is 0 Å². The number of unbranched alkanes of at least 4 members (excludes halogenated alkanes) is 3. The summed E-state index contributed by atoms with van der Waals surface area (Å²) in [5, 5.41) is 9.16. The van der Waals surface area contributed by atoms with Gasteiger partial charge in [-0.15, -0.1) is 0 Å². The Balaban J connectivity index is 1.97. The smallest absolute Gasteiger partial charge is 0.150 e. The van der Waals surface area contributed by atoms with Crippen molar-refractivity contribution < 1.29 is 4.79 Å². The monoisotopic (exact) mass is 336 g/mol. The Hall–Kier alpha value is -2.25. The molecule has 3 nitrogen and oxygen atoms in total. The van der Waals surface area contributed by atoms with Crippen LogP contribution in [0.5, 0.6) is 0 Å². The van der Waals surface area contributed by atoms with Crippen LogP contribution in [0.4, 0.5) is 11.4 Å². The first-order valence-electron chi connectivity index (χ1n) is 8.35. The number of anilines is 2. The van der Waals surface area contributed by atoms with Gasteiger partial charge in [-0.25, -0.2) is 0 Å². The van der Waals surface area contributed by atoms with E-state index in [4.69, 9.17) is 5.26 Å². The molecule has 1 aliphatic rings. The molecule has 1 heterocycles. The third-order valence-electron chi connectivity index (χ3n) is 4.25. The number of carbonyl (C=O) groups is 1. The molecule has 0 radical (unpaired) electrons. The van der Waals surface area contributed by atoms with Gasteiger partial charge in [-0.3, -0.25) is 4.79 Å². The number of nitriles is 1. The van der Waals surface area contributed by atoms with Gasteiger partial charge in [-0.2, -0.15) is 5.26 Å². The van der Waals surface area contributed by atoms with E-state index in [0.29, 0.717) is 11.1 Å². The van der Waals surface area contributed by atoms with Crippen LogP contribution >= 0.6 is 11.8 Å². The highest BCUT2D eigenvalue weighted by Crippen LogP contribution is 2.48. The van der Waals surface area contributed by atoms with Crippen LogP contribution in [0.1, 0.15) is 48.5 Å². The van der Waals surface area contributed by atoms with Crippen LogP contribution in [0.2, 0.25) is 0 Å². The van der Waals surface area contributed by atoms with Crippen LogP contribution < -0.4 is 4.90 Å². The minimum Gasteiger partial charge on any atom is -0.340 e. The molecule has 0 atom stereocenters. The molecule has 4 heteroatoms. The van der Waals surface area contributed by atoms with Gasteiger partial charge in [0.05, 0.1) is 23.0 Å². The lowest BCUT2D eigenvalue weighted by Crippen LogP contribution is -2.22. The molecule has 0 aromatic heterocycles. The average Bonchev–Trinajstić information content (AvgIpc) is 2.63. The van der Waals surface area contributed by atoms with E-state index < -0.39 is 0 Å². The molecule has 0 spiro atoms. The first-order valence-corrected chi connectivity index (χ1v) is 9.17. The number of nitrogens with zero attached hydrogens (tertiary/aromatic N) is 2. The summed E-state index contributed by atoms with van der Waals surface area (Å²) in [4.78, 5) is 15.6. The van der Waals surface area contributed by atoms with Gasteiger partial charge >= 0.3 is 0 Å². The molecule has 0 saturated carbocycles. The lowest BCUT2D eigenvalue weighted by atomic mass is 10.1. The van der Waals surface area contributed by atoms with Crippen LogP contribution in [0.3, 0.4) is 0 Å². The quantitative estimate of drug-likeness (QED) is 0.512. The Morgan fingerprint density at radius 3 is 2.54 bits per heavy atom. The van der Waals surface area contributed by atoms with E-state index in [1.807, 2.05) is 36.4 Å². The molecule has 2 aromatic carbocycles. The molecule has 0 N–H and O–H groups in total. The Morgan fingerprint density at radius 1 is 1.08 bits per heavy atom. The van der Waals surface area contributed by atoms with E-state index in [0.717, 1.165) is 40.4 Å². The van der Waals surface area contributed by atoms with Gasteiger partial charge in [-0.05, 0) is 42.8 Å². The molecule has 0 unspecified atom stereocenters. The topological polar surface area (TPSA) is 44.1 Å². The third-order valence-corrected chi connectivity index (χ3v) is 5.34. The summed E-state index contributed by atoms with van der Waals surface area (Å²) >= 11 is 1.64. The molecule has 3 rings (SSSR count). The van der Waals surface area contributed by atoms with Crippen molar-refractivity contribution in [3.63, 3.8) is 0 Å². The number of hydrogen-bond acceptors (Lipinski definition) is 4. The van der Waals surface area contributed by atoms with Crippen molar-refractivity contribution >= 4 is 29.4 Å². The third kappa shape index (κ3) is 3.32. The van der Waals surface area contributed by atoms with E-state index in [2.05, 4.69) is 17.9 Å². The molecule has 2 aromatic rings. The number of benzene rings is 2. The molecular formula is C20H20N2OS. The number of hydrogen-bond donors (Lipinski definition) is 0. The fraction of sp³-hybridized carbons (Fsp3) is 0.300. The maximum atomic E-state index is 11.1. The minimum absolute atomic E-state index is 0.669. The molecule has 24 heavy (non-hydrogen) atoms. The summed E-state index contributed by atoms with van der Waals surface area (Å²) in [5.74, 6) is 0. The SMILES string of the molecule is CCCCCCN1c2ccc(C#N)cc2Sc2cc(C=O)ccc21. The van der Waals surface area contributed by atoms with Crippen LogP contribution in [0.25, 0.3) is 0 Å². The normalized spacial score (nSPS) is 12.2. The van der Waals surface area contributed by atoms with E-state index in [1.54, 1.807) is 11.8 Å². The van der Waals surface area contributed by atoms with Gasteiger partial charge in [0.15, 0.2) is 0 Å². The summed E-state index contributed by atoms with van der Waals surface area (Å²) < 4.78 is 0. The zero-order valence-corrected chi connectivity index (χ0v) is 14.6. The van der Waals surface area contributed by atoms with Crippen molar-refractivity contribution in [3.05, 3.63) is 47.5 Å². The van der Waals surface area contributed by atoms with Crippen LogP contribution in [-0.2, 0) is 0 Å². The van der Waals surface area contributed by atoms with Crippen molar-refractivity contribution in [1.82, 2.24) is 0 Å². The van der Waals surface area contributed by atoms with E-state index in [9.17, 15) is 4.79 Å². The van der Waals surface area contributed by atoms with Crippen molar-refractivity contribution in [1.29, 1.82) is 5.26 Å². The minimum atomic E-state index is 0.669. The Kier molecular flexibility index (Phi) is 5.22. The van der Waals surface area contributed by atoms with Crippen LogP contribution in [-0.4, -0.2) is 12.8 Å². The van der Waals surface area contributed by atoms with Crippen molar-refractivity contribution in [2.45, 2.75) is 42.4 Å². The Morgan fingerprint density at radius 2 is 1.83 bits per heavy atom. The van der Waals surface area contributed by atoms with Gasteiger partial charge in [0.2, 0.25) is 0 Å². The maximum Gasteiger partial charge on any atom is 0.150 e. The molecule has 1 aliphatic heterocycles. The van der Waals surface area contributed by atoms with Crippen LogP contribution in [0.15, 0.2) is 46.2 Å². The largest absolute Gasteiger partial charge is 0.340 e. The number of carbonyl (C=O) groups excluding carboxylic acids is 1. The summed E-state index contributed by atoms with van der Waals surface area (Å²) in [6, 6.07) is 13.9. The van der Waals surface area contributed by atoms with E-state index in [-0.39, 0.29) is 0 Å². The molecule has 122 valence electrons. The first kappa shape index (κ1) is 16.6. The number of aldehydes is 1. The molecule has 0 saturated heterocycles. The van der Waals surface area contributed by atoms with Gasteiger partial charge in [0, 0.05) is 21.9 Å². The molecule has 0 bridgehead atoms. The summed E-state index contributed by atoms with van der Waals surface area (Å²) in [5.41, 5.74) is 3.66. The second kappa shape index (κ2) is 7.55. The van der Waals surface area contributed by atoms with Crippen LogP contribution in [0, 0.1) is 11.3 Å². The predicted octanol–water partition coefficient (Wildman–Crippen LogP) is 5.55. The van der Waals surface area contributed by atoms with E-state index in [1.165, 1.54) is 19.3 Å². The lowest BCUT2D eigenvalue weighted by molar-refractivity contribution is 0.112. The fourth-order valence-electron chi connectivity index (χ4n) is 2.98. The maximum absolute atomic E-state index is 11.1. The zero-order valence-electron chi connectivity index (χ0n) is 13.8. The average molecular weight is 336 g/mol. The predicted molar refractivity (Wildman–Crippen MR) is 98.3 cm³/mol. The standard InChI is InChI=1S/C20H20N2OS/c1-2-3-4-5-10-22-17-8-6-15(13-21)11-19(17)24-20-12-16(14-23)7-9-18(20)22/h6-9,11-12,14H,2-5,10H2,1H3. The highest BCUT2D eigenvalue weighted by Gasteiger charge is 2.23. The second-order valence-electron chi connectivity index (χ2n) is 5.95. The van der Waals surface area contributed by atoms with Gasteiger partial charge in [0.1, 0.15) is 6.29 Å². The fourth-order valence-corrected chi connectivity index (χ4v) is 4.17. The Labute approximate surface area is 147 Å². The highest BCUT2D eigenvalue weighted by atomic mass is 32.2. The van der Waals surface area contributed by atoms with Gasteiger partial charge < -0.3 is 4.90 Å². The second-order valence-corrected chi connectivity index (χ2v) is 7.04. The zero-order chi connectivity index (χ0) is 16.9. The molecule has 0 amide bonds. The summed E-state index contributed by atoms with van der Waals surface area (Å²) in [6.07, 6.45) is 5.70. The van der Waals surface area contributed by atoms with Gasteiger partial charge in [-0.1, -0.05) is 37.9 Å². The van der Waals surface area contributed by atoms with Crippen molar-refractivity contribution in [3.8, 4) is 6.07 Å². The lowest BCUT2D eigenvalue weighted by Gasteiger charge is -2.33. The molecule has 0 fully saturated rings. The van der Waals surface area contributed by atoms with Crippen molar-refractivity contribution in [2.75, 3.05) is 11.4 Å². The van der Waals surface area contributed by atoms with Gasteiger partial charge in [0.25, 0.3) is 0 Å². The summed E-state index contributed by atoms with van der Waals surface area (Å²) in [7, 11) is 0. The highest BCUT2D eigenvalue weighted by molar-refractivity contribution is 7.99. The first-order chi connectivity index (χ1) is 11.8. The molecular weight excluding hydrogens is 316 g/mol. The Bertz CT molecular complexity index is 795. The number of fused-ring (bicyclic) bond motifs is 2.